The molecule has 0 saturated heterocycles. The van der Waals surface area contributed by atoms with Crippen LogP contribution < -0.4 is 10.0 Å². The summed E-state index contributed by atoms with van der Waals surface area (Å²) in [6.45, 7) is 0. The molecule has 28 heavy (non-hydrogen) atoms. The molecule has 2 aromatic heterocycles. The Morgan fingerprint density at radius 2 is 1.89 bits per heavy atom. The van der Waals surface area contributed by atoms with E-state index in [1.165, 1.54) is 7.05 Å². The number of fused-ring (bicyclic) bond motifs is 3. The second-order valence-electron chi connectivity index (χ2n) is 7.48. The summed E-state index contributed by atoms with van der Waals surface area (Å²) < 4.78 is 27.8. The van der Waals surface area contributed by atoms with Crippen molar-refractivity contribution in [2.45, 2.75) is 42.7 Å². The molecular formula is C19H25N5O2S2. The van der Waals surface area contributed by atoms with Gasteiger partial charge < -0.3 is 10.2 Å². The molecule has 9 heteroatoms. The third-order valence-electron chi connectivity index (χ3n) is 5.59. The summed E-state index contributed by atoms with van der Waals surface area (Å²) in [7, 11) is 2.20. The van der Waals surface area contributed by atoms with Crippen molar-refractivity contribution in [1.82, 2.24) is 19.6 Å². The fraction of sp³-hybridized carbons (Fsp3) is 0.474. The van der Waals surface area contributed by atoms with E-state index in [2.05, 4.69) is 39.0 Å². The molecule has 0 radical (unpaired) electrons. The second-order valence-corrected chi connectivity index (χ2v) is 10.4. The molecule has 2 heterocycles. The fourth-order valence-electron chi connectivity index (χ4n) is 3.91. The van der Waals surface area contributed by atoms with Crippen molar-refractivity contribution in [2.75, 3.05) is 26.5 Å². The minimum atomic E-state index is -3.50. The highest BCUT2D eigenvalue weighted by atomic mass is 32.2. The lowest BCUT2D eigenvalue weighted by molar-refractivity contribution is 0.221. The van der Waals surface area contributed by atoms with Crippen molar-refractivity contribution in [3.63, 3.8) is 0 Å². The van der Waals surface area contributed by atoms with Crippen molar-refractivity contribution in [3.05, 3.63) is 24.5 Å². The Hall–Kier alpha value is -1.81. The molecule has 150 valence electrons. The summed E-state index contributed by atoms with van der Waals surface area (Å²) in [6.07, 6.45) is 6.09. The number of nitrogens with zero attached hydrogens (tertiary/aromatic N) is 3. The number of sulfonamides is 1. The van der Waals surface area contributed by atoms with Crippen LogP contribution in [0.3, 0.4) is 0 Å². The zero-order valence-corrected chi connectivity index (χ0v) is 17.9. The average Bonchev–Trinajstić information content (AvgIpc) is 3.07. The molecule has 1 fully saturated rings. The smallest absolute Gasteiger partial charge is 0.240 e. The van der Waals surface area contributed by atoms with Gasteiger partial charge in [0.25, 0.3) is 0 Å². The molecule has 2 N–H and O–H groups in total. The molecule has 0 aliphatic heterocycles. The van der Waals surface area contributed by atoms with Crippen LogP contribution >= 0.6 is 11.3 Å². The molecule has 1 aliphatic rings. The minimum absolute atomic E-state index is 0.253. The molecule has 0 amide bonds. The van der Waals surface area contributed by atoms with Crippen LogP contribution in [0.15, 0.2) is 29.4 Å². The van der Waals surface area contributed by atoms with Gasteiger partial charge in [-0.3, -0.25) is 0 Å². The van der Waals surface area contributed by atoms with Crippen molar-refractivity contribution < 1.29 is 8.42 Å². The van der Waals surface area contributed by atoms with Crippen LogP contribution in [0.5, 0.6) is 0 Å². The zero-order chi connectivity index (χ0) is 19.9. The van der Waals surface area contributed by atoms with Crippen LogP contribution in [-0.2, 0) is 10.0 Å². The first kappa shape index (κ1) is 19.5. The van der Waals surface area contributed by atoms with E-state index in [1.807, 2.05) is 6.07 Å². The van der Waals surface area contributed by atoms with E-state index in [9.17, 15) is 8.42 Å². The number of rotatable bonds is 5. The van der Waals surface area contributed by atoms with E-state index in [-0.39, 0.29) is 4.90 Å². The Morgan fingerprint density at radius 3 is 2.57 bits per heavy atom. The van der Waals surface area contributed by atoms with Crippen molar-refractivity contribution >= 4 is 47.5 Å². The molecule has 0 atom stereocenters. The Morgan fingerprint density at radius 1 is 1.14 bits per heavy atom. The Kier molecular flexibility index (Phi) is 5.26. The minimum Gasteiger partial charge on any atom is -0.367 e. The fourth-order valence-corrected chi connectivity index (χ4v) is 5.69. The van der Waals surface area contributed by atoms with Crippen molar-refractivity contribution in [1.29, 1.82) is 0 Å². The van der Waals surface area contributed by atoms with Gasteiger partial charge in [0.05, 0.1) is 10.3 Å². The largest absolute Gasteiger partial charge is 0.367 e. The van der Waals surface area contributed by atoms with Crippen LogP contribution in [0.25, 0.3) is 20.3 Å². The predicted molar refractivity (Wildman–Crippen MR) is 115 cm³/mol. The quantitative estimate of drug-likeness (QED) is 0.661. The summed E-state index contributed by atoms with van der Waals surface area (Å²) in [4.78, 5) is 12.3. The predicted octanol–water partition coefficient (Wildman–Crippen LogP) is 3.04. The average molecular weight is 420 g/mol. The molecule has 7 nitrogen and oxygen atoms in total. The summed E-state index contributed by atoms with van der Waals surface area (Å²) in [6, 6.07) is 6.20. The highest BCUT2D eigenvalue weighted by Gasteiger charge is 2.24. The molecule has 3 aromatic rings. The van der Waals surface area contributed by atoms with Gasteiger partial charge in [0, 0.05) is 22.2 Å². The first-order valence-corrected chi connectivity index (χ1v) is 11.7. The van der Waals surface area contributed by atoms with Gasteiger partial charge in [0.15, 0.2) is 0 Å². The van der Waals surface area contributed by atoms with E-state index < -0.39 is 10.0 Å². The molecule has 0 bridgehead atoms. The number of hydrogen-bond acceptors (Lipinski definition) is 7. The Balaban J connectivity index is 1.71. The topological polar surface area (TPSA) is 87.2 Å². The number of benzene rings is 1. The maximum atomic E-state index is 12.2. The van der Waals surface area contributed by atoms with E-state index in [0.29, 0.717) is 12.1 Å². The third kappa shape index (κ3) is 3.59. The third-order valence-corrected chi connectivity index (χ3v) is 8.08. The van der Waals surface area contributed by atoms with Gasteiger partial charge >= 0.3 is 0 Å². The zero-order valence-electron chi connectivity index (χ0n) is 16.3. The van der Waals surface area contributed by atoms with E-state index >= 15 is 0 Å². The Labute approximate surface area is 169 Å². The standard InChI is InChI=1S/C19H25N5O2S2/c1-20-28(25,26)14-8-9-16-15(10-14)17-18(21-11-22-19(17)27-16)23-12-4-6-13(7-5-12)24(2)3/h8-13,20H,4-7H2,1-3H3,(H,21,22,23)/t12-,13-. The van der Waals surface area contributed by atoms with Gasteiger partial charge in [-0.15, -0.1) is 11.3 Å². The van der Waals surface area contributed by atoms with Gasteiger partial charge in [-0.25, -0.2) is 23.1 Å². The molecule has 4 rings (SSSR count). The lowest BCUT2D eigenvalue weighted by Crippen LogP contribution is -2.36. The highest BCUT2D eigenvalue weighted by molar-refractivity contribution is 7.89. The number of anilines is 1. The van der Waals surface area contributed by atoms with Crippen molar-refractivity contribution in [3.8, 4) is 0 Å². The van der Waals surface area contributed by atoms with Crippen LogP contribution in [0.4, 0.5) is 5.82 Å². The van der Waals surface area contributed by atoms with Gasteiger partial charge in [0.2, 0.25) is 10.0 Å². The molecular weight excluding hydrogens is 394 g/mol. The maximum absolute atomic E-state index is 12.2. The van der Waals surface area contributed by atoms with Gasteiger partial charge in [0.1, 0.15) is 17.0 Å². The second kappa shape index (κ2) is 7.55. The Bertz CT molecular complexity index is 1100. The van der Waals surface area contributed by atoms with Crippen LogP contribution in [-0.4, -0.2) is 56.5 Å². The summed E-state index contributed by atoms with van der Waals surface area (Å²) in [5.41, 5.74) is 0. The van der Waals surface area contributed by atoms with E-state index in [4.69, 9.17) is 0 Å². The first-order chi connectivity index (χ1) is 13.4. The molecule has 0 spiro atoms. The van der Waals surface area contributed by atoms with Crippen LogP contribution in [0.1, 0.15) is 25.7 Å². The maximum Gasteiger partial charge on any atom is 0.240 e. The lowest BCUT2D eigenvalue weighted by atomic mass is 9.90. The summed E-state index contributed by atoms with van der Waals surface area (Å²) >= 11 is 1.56. The number of aromatic nitrogens is 2. The summed E-state index contributed by atoms with van der Waals surface area (Å²) in [5, 5.41) is 5.39. The van der Waals surface area contributed by atoms with Gasteiger partial charge in [-0.2, -0.15) is 0 Å². The molecule has 0 unspecified atom stereocenters. The lowest BCUT2D eigenvalue weighted by Gasteiger charge is -2.33. The normalized spacial score (nSPS) is 20.9. The van der Waals surface area contributed by atoms with E-state index in [0.717, 1.165) is 51.8 Å². The monoisotopic (exact) mass is 419 g/mol. The SMILES string of the molecule is CNS(=O)(=O)c1ccc2sc3ncnc(N[C@H]4CC[C@H](N(C)C)CC4)c3c2c1. The highest BCUT2D eigenvalue weighted by Crippen LogP contribution is 2.38. The first-order valence-electron chi connectivity index (χ1n) is 9.43. The molecule has 1 aliphatic carbocycles. The van der Waals surface area contributed by atoms with Crippen molar-refractivity contribution in [2.24, 2.45) is 0 Å². The number of thiophene rings is 1. The van der Waals surface area contributed by atoms with Crippen LogP contribution in [0, 0.1) is 0 Å². The summed E-state index contributed by atoms with van der Waals surface area (Å²) in [5.74, 6) is 0.795. The van der Waals surface area contributed by atoms with Gasteiger partial charge in [-0.05, 0) is 65.0 Å². The number of nitrogens with one attached hydrogen (secondary N) is 2. The molecule has 1 aromatic carbocycles. The molecule has 1 saturated carbocycles. The number of hydrogen-bond donors (Lipinski definition) is 2. The van der Waals surface area contributed by atoms with E-state index in [1.54, 1.807) is 29.8 Å². The van der Waals surface area contributed by atoms with Crippen LogP contribution in [0.2, 0.25) is 0 Å². The van der Waals surface area contributed by atoms with Gasteiger partial charge in [-0.1, -0.05) is 0 Å².